The summed E-state index contributed by atoms with van der Waals surface area (Å²) in [5, 5.41) is 0. The molecular weight excluding hydrogens is 259 g/mol. The summed E-state index contributed by atoms with van der Waals surface area (Å²) in [5.74, 6) is -0.197. The van der Waals surface area contributed by atoms with Crippen molar-refractivity contribution in [3.05, 3.63) is 46.3 Å². The van der Waals surface area contributed by atoms with Gasteiger partial charge in [-0.05, 0) is 50.5 Å². The van der Waals surface area contributed by atoms with Crippen LogP contribution in [-0.4, -0.2) is 9.38 Å². The van der Waals surface area contributed by atoms with Crippen molar-refractivity contribution in [1.82, 2.24) is 9.38 Å². The number of thiazole rings is 1. The summed E-state index contributed by atoms with van der Waals surface area (Å²) in [5.41, 5.74) is 4.58. The van der Waals surface area contributed by atoms with Crippen molar-refractivity contribution in [2.45, 2.75) is 26.2 Å². The minimum absolute atomic E-state index is 0.197. The summed E-state index contributed by atoms with van der Waals surface area (Å²) >= 11 is 1.80. The molecule has 0 saturated carbocycles. The molecule has 1 aliphatic rings. The third kappa shape index (κ3) is 1.56. The van der Waals surface area contributed by atoms with Crippen LogP contribution in [0.2, 0.25) is 0 Å². The van der Waals surface area contributed by atoms with E-state index in [1.54, 1.807) is 11.3 Å². The van der Waals surface area contributed by atoms with Gasteiger partial charge in [-0.2, -0.15) is 0 Å². The zero-order chi connectivity index (χ0) is 13.0. The van der Waals surface area contributed by atoms with Crippen LogP contribution in [0.15, 0.2) is 24.3 Å². The van der Waals surface area contributed by atoms with E-state index in [0.29, 0.717) is 0 Å². The fourth-order valence-corrected chi connectivity index (χ4v) is 4.18. The summed E-state index contributed by atoms with van der Waals surface area (Å²) < 4.78 is 15.4. The van der Waals surface area contributed by atoms with Crippen LogP contribution in [0.25, 0.3) is 16.2 Å². The Morgan fingerprint density at radius 3 is 2.79 bits per heavy atom. The molecule has 0 N–H and O–H groups in total. The summed E-state index contributed by atoms with van der Waals surface area (Å²) in [7, 11) is 0. The largest absolute Gasteiger partial charge is 0.287 e. The first kappa shape index (κ1) is 11.2. The Morgan fingerprint density at radius 1 is 1.21 bits per heavy atom. The van der Waals surface area contributed by atoms with Gasteiger partial charge in [0.2, 0.25) is 0 Å². The smallest absolute Gasteiger partial charge is 0.194 e. The van der Waals surface area contributed by atoms with Gasteiger partial charge in [-0.3, -0.25) is 4.40 Å². The molecule has 4 heteroatoms. The predicted octanol–water partition coefficient (Wildman–Crippen LogP) is 4.00. The molecule has 2 aromatic heterocycles. The molecule has 2 heterocycles. The lowest BCUT2D eigenvalue weighted by atomic mass is 10.1. The minimum atomic E-state index is -0.197. The van der Waals surface area contributed by atoms with Crippen LogP contribution < -0.4 is 0 Å². The van der Waals surface area contributed by atoms with Gasteiger partial charge in [0.15, 0.2) is 4.96 Å². The van der Waals surface area contributed by atoms with Crippen LogP contribution in [0.5, 0.6) is 0 Å². The van der Waals surface area contributed by atoms with Gasteiger partial charge in [-0.25, -0.2) is 9.37 Å². The Bertz CT molecular complexity index is 768. The van der Waals surface area contributed by atoms with Gasteiger partial charge >= 0.3 is 0 Å². The molecule has 0 unspecified atom stereocenters. The predicted molar refractivity (Wildman–Crippen MR) is 75.2 cm³/mol. The van der Waals surface area contributed by atoms with Crippen LogP contribution in [0.3, 0.4) is 0 Å². The van der Waals surface area contributed by atoms with E-state index in [1.165, 1.54) is 35.5 Å². The first-order valence-corrected chi connectivity index (χ1v) is 7.31. The minimum Gasteiger partial charge on any atom is -0.287 e. The molecule has 0 aliphatic heterocycles. The monoisotopic (exact) mass is 272 g/mol. The maximum atomic E-state index is 13.1. The zero-order valence-corrected chi connectivity index (χ0v) is 11.4. The highest BCUT2D eigenvalue weighted by atomic mass is 32.1. The van der Waals surface area contributed by atoms with Gasteiger partial charge in [0, 0.05) is 16.1 Å². The van der Waals surface area contributed by atoms with Gasteiger partial charge in [-0.1, -0.05) is 0 Å². The molecule has 0 radical (unpaired) electrons. The molecule has 0 spiro atoms. The SMILES string of the molecule is Cc1nc2sc3c(n2c1-c1ccc(F)cc1)CCC3. The average molecular weight is 272 g/mol. The first-order valence-electron chi connectivity index (χ1n) is 6.49. The van der Waals surface area contributed by atoms with E-state index in [9.17, 15) is 4.39 Å². The second-order valence-corrected chi connectivity index (χ2v) is 6.06. The third-order valence-electron chi connectivity index (χ3n) is 3.76. The third-order valence-corrected chi connectivity index (χ3v) is 4.90. The molecular formula is C15H13FN2S. The number of halogens is 1. The molecule has 0 bridgehead atoms. The molecule has 19 heavy (non-hydrogen) atoms. The average Bonchev–Trinajstić information content (AvgIpc) is 3.01. The fraction of sp³-hybridized carbons (Fsp3) is 0.267. The van der Waals surface area contributed by atoms with E-state index in [0.717, 1.165) is 28.3 Å². The number of hydrogen-bond acceptors (Lipinski definition) is 2. The summed E-state index contributed by atoms with van der Waals surface area (Å²) in [6.45, 7) is 2.03. The van der Waals surface area contributed by atoms with Gasteiger partial charge in [-0.15, -0.1) is 11.3 Å². The molecule has 0 amide bonds. The van der Waals surface area contributed by atoms with Crippen LogP contribution in [0, 0.1) is 12.7 Å². The van der Waals surface area contributed by atoms with Crippen molar-refractivity contribution in [3.63, 3.8) is 0 Å². The Hall–Kier alpha value is -1.68. The highest BCUT2D eigenvalue weighted by Crippen LogP contribution is 2.36. The number of fused-ring (bicyclic) bond motifs is 3. The Balaban J connectivity index is 2.02. The number of imidazole rings is 1. The molecule has 0 atom stereocenters. The van der Waals surface area contributed by atoms with E-state index >= 15 is 0 Å². The van der Waals surface area contributed by atoms with Crippen molar-refractivity contribution in [2.75, 3.05) is 0 Å². The van der Waals surface area contributed by atoms with Gasteiger partial charge in [0.1, 0.15) is 5.82 Å². The lowest BCUT2D eigenvalue weighted by molar-refractivity contribution is 0.628. The first-order chi connectivity index (χ1) is 9.24. The van der Waals surface area contributed by atoms with Crippen molar-refractivity contribution in [2.24, 2.45) is 0 Å². The van der Waals surface area contributed by atoms with E-state index in [-0.39, 0.29) is 5.82 Å². The Kier molecular flexibility index (Phi) is 2.30. The quantitative estimate of drug-likeness (QED) is 0.654. The van der Waals surface area contributed by atoms with E-state index in [1.807, 2.05) is 19.1 Å². The fourth-order valence-electron chi connectivity index (χ4n) is 2.93. The van der Waals surface area contributed by atoms with Crippen LogP contribution in [0.4, 0.5) is 4.39 Å². The van der Waals surface area contributed by atoms with E-state index in [4.69, 9.17) is 0 Å². The molecule has 4 rings (SSSR count). The van der Waals surface area contributed by atoms with Crippen molar-refractivity contribution in [1.29, 1.82) is 0 Å². The highest BCUT2D eigenvalue weighted by Gasteiger charge is 2.22. The normalized spacial score (nSPS) is 14.2. The van der Waals surface area contributed by atoms with Crippen molar-refractivity contribution < 1.29 is 4.39 Å². The van der Waals surface area contributed by atoms with Crippen LogP contribution in [0.1, 0.15) is 22.7 Å². The van der Waals surface area contributed by atoms with Gasteiger partial charge in [0.05, 0.1) is 11.4 Å². The number of aryl methyl sites for hydroxylation is 3. The molecule has 0 saturated heterocycles. The summed E-state index contributed by atoms with van der Waals surface area (Å²) in [4.78, 5) is 7.20. The van der Waals surface area contributed by atoms with Crippen LogP contribution in [-0.2, 0) is 12.8 Å². The summed E-state index contributed by atoms with van der Waals surface area (Å²) in [6, 6.07) is 6.71. The second-order valence-electron chi connectivity index (χ2n) is 5.00. The Morgan fingerprint density at radius 2 is 2.00 bits per heavy atom. The van der Waals surface area contributed by atoms with Crippen molar-refractivity contribution in [3.8, 4) is 11.3 Å². The lowest BCUT2D eigenvalue weighted by Crippen LogP contribution is -1.93. The number of aromatic nitrogens is 2. The number of benzene rings is 1. The zero-order valence-electron chi connectivity index (χ0n) is 10.6. The highest BCUT2D eigenvalue weighted by molar-refractivity contribution is 7.17. The van der Waals surface area contributed by atoms with Gasteiger partial charge in [0.25, 0.3) is 0 Å². The maximum absolute atomic E-state index is 13.1. The second kappa shape index (κ2) is 3.90. The number of rotatable bonds is 1. The molecule has 96 valence electrons. The molecule has 0 fully saturated rings. The molecule has 1 aliphatic carbocycles. The van der Waals surface area contributed by atoms with E-state index < -0.39 is 0 Å². The molecule has 3 aromatic rings. The number of hydrogen-bond donors (Lipinski definition) is 0. The lowest BCUT2D eigenvalue weighted by Gasteiger charge is -2.04. The maximum Gasteiger partial charge on any atom is 0.194 e. The molecule has 2 nitrogen and oxygen atoms in total. The number of nitrogens with zero attached hydrogens (tertiary/aromatic N) is 2. The van der Waals surface area contributed by atoms with E-state index in [2.05, 4.69) is 9.38 Å². The van der Waals surface area contributed by atoms with Crippen LogP contribution >= 0.6 is 11.3 Å². The Labute approximate surface area is 114 Å². The van der Waals surface area contributed by atoms with Gasteiger partial charge < -0.3 is 0 Å². The summed E-state index contributed by atoms with van der Waals surface area (Å²) in [6.07, 6.45) is 3.53. The van der Waals surface area contributed by atoms with Crippen molar-refractivity contribution >= 4 is 16.3 Å². The standard InChI is InChI=1S/C15H13FN2S/c1-9-14(10-5-7-11(16)8-6-10)18-12-3-2-4-13(12)19-15(18)17-9/h5-8H,2-4H2,1H3. The molecule has 1 aromatic carbocycles. The topological polar surface area (TPSA) is 17.3 Å².